The molecular weight excluding hydrogens is 550 g/mol. The summed E-state index contributed by atoms with van der Waals surface area (Å²) < 4.78 is 6.17. The fraction of sp³-hybridized carbons (Fsp3) is 0.0385. The second-order valence-electron chi connectivity index (χ2n) is 7.42. The van der Waals surface area contributed by atoms with Crippen molar-refractivity contribution in [3.8, 4) is 5.75 Å². The van der Waals surface area contributed by atoms with Gasteiger partial charge in [0, 0.05) is 11.4 Å². The molecule has 0 spiro atoms. The third kappa shape index (κ3) is 5.62. The van der Waals surface area contributed by atoms with Crippen LogP contribution in [-0.4, -0.2) is 24.0 Å². The van der Waals surface area contributed by atoms with E-state index in [9.17, 15) is 9.59 Å². The molecule has 9 heteroatoms. The maximum absolute atomic E-state index is 13.0. The van der Waals surface area contributed by atoms with Crippen molar-refractivity contribution in [1.82, 2.24) is 5.32 Å². The highest BCUT2D eigenvalue weighted by atomic mass is 79.9. The number of hydrogen-bond acceptors (Lipinski definition) is 4. The van der Waals surface area contributed by atoms with Gasteiger partial charge in [-0.05, 0) is 75.3 Å². The Morgan fingerprint density at radius 1 is 0.857 bits per heavy atom. The van der Waals surface area contributed by atoms with E-state index >= 15 is 0 Å². The molecule has 0 unspecified atom stereocenters. The minimum atomic E-state index is -0.422. The first kappa shape index (κ1) is 24.7. The molecule has 0 bridgehead atoms. The van der Waals surface area contributed by atoms with E-state index in [0.29, 0.717) is 37.7 Å². The Labute approximate surface area is 220 Å². The molecule has 176 valence electrons. The fourth-order valence-corrected chi connectivity index (χ4v) is 4.67. The summed E-state index contributed by atoms with van der Waals surface area (Å²) in [4.78, 5) is 25.6. The SMILES string of the molecule is COc1c(C(=O)NC(=S)Nc2cccc(NC(=O)c3ccccc3Cl)c2)cc2ccccc2c1Br. The van der Waals surface area contributed by atoms with Crippen LogP contribution in [0, 0.1) is 0 Å². The van der Waals surface area contributed by atoms with Gasteiger partial charge in [0.05, 0.1) is 27.7 Å². The number of thiocarbonyl (C=S) groups is 1. The Bertz CT molecular complexity index is 1460. The van der Waals surface area contributed by atoms with Crippen LogP contribution in [0.15, 0.2) is 83.3 Å². The van der Waals surface area contributed by atoms with E-state index in [1.165, 1.54) is 7.11 Å². The van der Waals surface area contributed by atoms with Gasteiger partial charge in [0.1, 0.15) is 5.75 Å². The van der Waals surface area contributed by atoms with Crippen LogP contribution in [0.3, 0.4) is 0 Å². The van der Waals surface area contributed by atoms with Gasteiger partial charge in [-0.2, -0.15) is 0 Å². The molecule has 0 radical (unpaired) electrons. The van der Waals surface area contributed by atoms with Crippen LogP contribution in [-0.2, 0) is 0 Å². The maximum atomic E-state index is 13.0. The highest BCUT2D eigenvalue weighted by molar-refractivity contribution is 9.10. The molecule has 35 heavy (non-hydrogen) atoms. The molecule has 0 aromatic heterocycles. The Hall–Kier alpha value is -3.46. The molecule has 0 heterocycles. The number of carbonyl (C=O) groups is 2. The van der Waals surface area contributed by atoms with Crippen molar-refractivity contribution in [2.45, 2.75) is 0 Å². The number of benzene rings is 4. The van der Waals surface area contributed by atoms with Crippen LogP contribution in [0.1, 0.15) is 20.7 Å². The number of carbonyl (C=O) groups excluding carboxylic acids is 2. The number of fused-ring (bicyclic) bond motifs is 1. The summed E-state index contributed by atoms with van der Waals surface area (Å²) in [6, 6.07) is 23.1. The van der Waals surface area contributed by atoms with Crippen molar-refractivity contribution < 1.29 is 14.3 Å². The number of ether oxygens (including phenoxy) is 1. The van der Waals surface area contributed by atoms with E-state index in [1.54, 1.807) is 54.6 Å². The zero-order valence-corrected chi connectivity index (χ0v) is 21.6. The number of rotatable bonds is 5. The predicted molar refractivity (Wildman–Crippen MR) is 148 cm³/mol. The van der Waals surface area contributed by atoms with E-state index in [2.05, 4.69) is 31.9 Å². The molecule has 0 aliphatic heterocycles. The number of amides is 2. The molecule has 0 atom stereocenters. The average Bonchev–Trinajstić information content (AvgIpc) is 2.84. The first-order chi connectivity index (χ1) is 16.9. The molecule has 4 aromatic rings. The minimum absolute atomic E-state index is 0.0934. The molecule has 6 nitrogen and oxygen atoms in total. The first-order valence-corrected chi connectivity index (χ1v) is 12.0. The quantitative estimate of drug-likeness (QED) is 0.235. The van der Waals surface area contributed by atoms with Gasteiger partial charge in [-0.3, -0.25) is 14.9 Å². The largest absolute Gasteiger partial charge is 0.495 e. The number of nitrogens with one attached hydrogen (secondary N) is 3. The van der Waals surface area contributed by atoms with Crippen molar-refractivity contribution in [2.75, 3.05) is 17.7 Å². The summed E-state index contributed by atoms with van der Waals surface area (Å²) in [7, 11) is 1.50. The predicted octanol–water partition coefficient (Wildman–Crippen LogP) is 6.64. The van der Waals surface area contributed by atoms with Gasteiger partial charge in [-0.1, -0.05) is 54.1 Å². The topological polar surface area (TPSA) is 79.5 Å². The van der Waals surface area contributed by atoms with Gasteiger partial charge >= 0.3 is 0 Å². The Balaban J connectivity index is 1.47. The van der Waals surface area contributed by atoms with Crippen LogP contribution in [0.5, 0.6) is 5.75 Å². The second kappa shape index (κ2) is 10.9. The van der Waals surface area contributed by atoms with E-state index in [0.717, 1.165) is 10.8 Å². The van der Waals surface area contributed by atoms with Crippen molar-refractivity contribution in [1.29, 1.82) is 0 Å². The summed E-state index contributed by atoms with van der Waals surface area (Å²) in [5.74, 6) is -0.347. The van der Waals surface area contributed by atoms with Crippen molar-refractivity contribution in [3.63, 3.8) is 0 Å². The lowest BCUT2D eigenvalue weighted by molar-refractivity contribution is 0.0973. The normalized spacial score (nSPS) is 10.5. The van der Waals surface area contributed by atoms with Gasteiger partial charge in [-0.15, -0.1) is 0 Å². The summed E-state index contributed by atoms with van der Waals surface area (Å²) in [5.41, 5.74) is 1.82. The van der Waals surface area contributed by atoms with Gasteiger partial charge in [0.25, 0.3) is 11.8 Å². The summed E-state index contributed by atoms with van der Waals surface area (Å²) in [6.45, 7) is 0. The molecule has 0 aliphatic rings. The zero-order valence-electron chi connectivity index (χ0n) is 18.4. The van der Waals surface area contributed by atoms with E-state index in [-0.39, 0.29) is 11.0 Å². The average molecular weight is 569 g/mol. The second-order valence-corrected chi connectivity index (χ2v) is 9.02. The monoisotopic (exact) mass is 567 g/mol. The molecular formula is C26H19BrClN3O3S. The van der Waals surface area contributed by atoms with Crippen LogP contribution in [0.4, 0.5) is 11.4 Å². The standard InChI is InChI=1S/C26H19BrClN3O3S/c1-34-23-20(13-15-7-2-3-10-18(15)22(23)27)25(33)31-26(35)30-17-9-6-8-16(14-17)29-24(32)19-11-4-5-12-21(19)28/h2-14H,1H3,(H,29,32)(H2,30,31,33,35). The zero-order chi connectivity index (χ0) is 24.9. The third-order valence-electron chi connectivity index (χ3n) is 5.11. The van der Waals surface area contributed by atoms with Crippen LogP contribution in [0.25, 0.3) is 10.8 Å². The lowest BCUT2D eigenvalue weighted by Gasteiger charge is -2.15. The number of methoxy groups -OCH3 is 1. The molecule has 4 aromatic carbocycles. The summed E-state index contributed by atoms with van der Waals surface area (Å²) in [5, 5.41) is 10.7. The molecule has 0 aliphatic carbocycles. The minimum Gasteiger partial charge on any atom is -0.495 e. The van der Waals surface area contributed by atoms with Crippen LogP contribution < -0.4 is 20.7 Å². The molecule has 0 fully saturated rings. The molecule has 0 saturated carbocycles. The number of hydrogen-bond donors (Lipinski definition) is 3. The Morgan fingerprint density at radius 3 is 2.29 bits per heavy atom. The highest BCUT2D eigenvalue weighted by Crippen LogP contribution is 2.36. The van der Waals surface area contributed by atoms with E-state index < -0.39 is 5.91 Å². The molecule has 3 N–H and O–H groups in total. The molecule has 2 amide bonds. The lowest BCUT2D eigenvalue weighted by atomic mass is 10.1. The number of halogens is 2. The van der Waals surface area contributed by atoms with Crippen molar-refractivity contribution in [3.05, 3.63) is 99.5 Å². The van der Waals surface area contributed by atoms with Crippen LogP contribution >= 0.6 is 39.7 Å². The maximum Gasteiger partial charge on any atom is 0.261 e. The third-order valence-corrected chi connectivity index (χ3v) is 6.43. The van der Waals surface area contributed by atoms with Gasteiger partial charge in [-0.25, -0.2) is 0 Å². The summed E-state index contributed by atoms with van der Waals surface area (Å²) >= 11 is 15.0. The highest BCUT2D eigenvalue weighted by Gasteiger charge is 2.19. The first-order valence-electron chi connectivity index (χ1n) is 10.4. The van der Waals surface area contributed by atoms with Crippen molar-refractivity contribution in [2.24, 2.45) is 0 Å². The van der Waals surface area contributed by atoms with E-state index in [1.807, 2.05) is 24.3 Å². The molecule has 0 saturated heterocycles. The van der Waals surface area contributed by atoms with Crippen molar-refractivity contribution >= 4 is 78.8 Å². The molecule has 4 rings (SSSR count). The summed E-state index contributed by atoms with van der Waals surface area (Å²) in [6.07, 6.45) is 0. The fourth-order valence-electron chi connectivity index (χ4n) is 3.50. The lowest BCUT2D eigenvalue weighted by Crippen LogP contribution is -2.34. The van der Waals surface area contributed by atoms with Crippen LogP contribution in [0.2, 0.25) is 5.02 Å². The smallest absolute Gasteiger partial charge is 0.261 e. The van der Waals surface area contributed by atoms with Gasteiger partial charge in [0.2, 0.25) is 0 Å². The van der Waals surface area contributed by atoms with E-state index in [4.69, 9.17) is 28.6 Å². The Morgan fingerprint density at radius 2 is 1.54 bits per heavy atom. The number of anilines is 2. The van der Waals surface area contributed by atoms with Gasteiger partial charge < -0.3 is 15.4 Å². The Kier molecular flexibility index (Phi) is 7.65. The van der Waals surface area contributed by atoms with Gasteiger partial charge in [0.15, 0.2) is 5.11 Å².